The van der Waals surface area contributed by atoms with Crippen molar-refractivity contribution in [3.05, 3.63) is 32.6 Å². The van der Waals surface area contributed by atoms with Crippen LogP contribution in [-0.2, 0) is 23.7 Å². The van der Waals surface area contributed by atoms with Gasteiger partial charge in [-0.1, -0.05) is 33.6 Å². The van der Waals surface area contributed by atoms with Crippen molar-refractivity contribution >= 4 is 12.1 Å². The fourth-order valence-corrected chi connectivity index (χ4v) is 3.16. The zero-order valence-corrected chi connectivity index (χ0v) is 19.2. The number of hydrogen-bond donors (Lipinski definition) is 2. The van der Waals surface area contributed by atoms with E-state index in [-0.39, 0.29) is 18.1 Å². The van der Waals surface area contributed by atoms with Gasteiger partial charge in [0.15, 0.2) is 18.5 Å². The number of carbonyl (C=O) groups excluding carboxylic acids is 2. The molecule has 11 nitrogen and oxygen atoms in total. The molecule has 0 aromatic carbocycles. The van der Waals surface area contributed by atoms with E-state index in [1.165, 1.54) is 6.92 Å². The molecule has 1 aromatic heterocycles. The van der Waals surface area contributed by atoms with Crippen molar-refractivity contribution in [1.82, 2.24) is 9.55 Å². The Labute approximate surface area is 190 Å². The summed E-state index contributed by atoms with van der Waals surface area (Å²) in [5, 5.41) is 0. The van der Waals surface area contributed by atoms with Crippen LogP contribution in [0.1, 0.15) is 51.8 Å². The summed E-state index contributed by atoms with van der Waals surface area (Å²) in [5.41, 5.74) is 4.52. The number of hydrogen-bond acceptors (Lipinski definition) is 9. The Bertz CT molecular complexity index is 933. The van der Waals surface area contributed by atoms with Crippen molar-refractivity contribution in [3.8, 4) is 0 Å². The largest absolute Gasteiger partial charge is 0.508 e. The Kier molecular flexibility index (Phi) is 9.59. The Morgan fingerprint density at radius 2 is 2.00 bits per heavy atom. The quantitative estimate of drug-likeness (QED) is 0.378. The van der Waals surface area contributed by atoms with Gasteiger partial charge in [-0.15, -0.1) is 0 Å². The first-order chi connectivity index (χ1) is 15.6. The SMILES string of the molecule is CCCCOC(=O)OC[C@@H]1O[C@H](n2cc(C)c(=O)[nH]c2=O)[C@H](F)[C@H]1OC(=O)[C@@H](N)[C@@H](C)CC. The number of halogens is 1. The van der Waals surface area contributed by atoms with Gasteiger partial charge in [-0.2, -0.15) is 0 Å². The van der Waals surface area contributed by atoms with Gasteiger partial charge in [-0.3, -0.25) is 19.1 Å². The van der Waals surface area contributed by atoms with Crippen molar-refractivity contribution in [2.24, 2.45) is 11.7 Å². The molecular formula is C21H32FN3O8. The summed E-state index contributed by atoms with van der Waals surface area (Å²) in [4.78, 5) is 50.2. The van der Waals surface area contributed by atoms with Gasteiger partial charge in [0.25, 0.3) is 5.56 Å². The first-order valence-corrected chi connectivity index (χ1v) is 11.0. The molecule has 1 fully saturated rings. The number of aromatic amines is 1. The zero-order chi connectivity index (χ0) is 24.7. The van der Waals surface area contributed by atoms with Crippen LogP contribution in [0.15, 0.2) is 15.8 Å². The number of unbranched alkanes of at least 4 members (excludes halogenated alkanes) is 1. The molecule has 0 saturated carbocycles. The molecule has 3 N–H and O–H groups in total. The number of aryl methyl sites for hydroxylation is 1. The zero-order valence-electron chi connectivity index (χ0n) is 19.2. The minimum absolute atomic E-state index is 0.150. The molecule has 1 aliphatic heterocycles. The van der Waals surface area contributed by atoms with E-state index in [4.69, 9.17) is 24.7 Å². The van der Waals surface area contributed by atoms with Crippen LogP contribution >= 0.6 is 0 Å². The number of esters is 1. The molecule has 0 aliphatic carbocycles. The lowest BCUT2D eigenvalue weighted by Crippen LogP contribution is -2.44. The van der Waals surface area contributed by atoms with Crippen molar-refractivity contribution in [3.63, 3.8) is 0 Å². The van der Waals surface area contributed by atoms with E-state index in [0.29, 0.717) is 12.8 Å². The van der Waals surface area contributed by atoms with Crippen LogP contribution in [0.25, 0.3) is 0 Å². The van der Waals surface area contributed by atoms with E-state index in [1.807, 2.05) is 13.8 Å². The molecule has 0 radical (unpaired) electrons. The number of carbonyl (C=O) groups is 2. The first-order valence-electron chi connectivity index (χ1n) is 11.0. The topological polar surface area (TPSA) is 152 Å². The van der Waals surface area contributed by atoms with Crippen molar-refractivity contribution < 1.29 is 32.9 Å². The van der Waals surface area contributed by atoms with E-state index in [9.17, 15) is 19.2 Å². The highest BCUT2D eigenvalue weighted by atomic mass is 19.1. The van der Waals surface area contributed by atoms with Crippen LogP contribution in [0.5, 0.6) is 0 Å². The highest BCUT2D eigenvalue weighted by Crippen LogP contribution is 2.33. The maximum absolute atomic E-state index is 15.4. The number of rotatable bonds is 10. The lowest BCUT2D eigenvalue weighted by molar-refractivity contribution is -0.158. The maximum Gasteiger partial charge on any atom is 0.508 e. The highest BCUT2D eigenvalue weighted by Gasteiger charge is 2.50. The van der Waals surface area contributed by atoms with Crippen molar-refractivity contribution in [2.75, 3.05) is 13.2 Å². The number of ether oxygens (including phenoxy) is 4. The summed E-state index contributed by atoms with van der Waals surface area (Å²) >= 11 is 0. The van der Waals surface area contributed by atoms with E-state index >= 15 is 4.39 Å². The van der Waals surface area contributed by atoms with Crippen molar-refractivity contribution in [1.29, 1.82) is 0 Å². The average Bonchev–Trinajstić information content (AvgIpc) is 3.08. The number of nitrogens with one attached hydrogen (secondary N) is 1. The molecule has 12 heteroatoms. The smallest absolute Gasteiger partial charge is 0.455 e. The van der Waals surface area contributed by atoms with Crippen molar-refractivity contribution in [2.45, 2.75) is 77.6 Å². The minimum atomic E-state index is -2.01. The molecule has 0 amide bonds. The fraction of sp³-hybridized carbons (Fsp3) is 0.714. The molecule has 186 valence electrons. The summed E-state index contributed by atoms with van der Waals surface area (Å²) in [7, 11) is 0. The van der Waals surface area contributed by atoms with Crippen LogP contribution in [0.2, 0.25) is 0 Å². The van der Waals surface area contributed by atoms with Gasteiger partial charge in [0, 0.05) is 11.8 Å². The fourth-order valence-electron chi connectivity index (χ4n) is 3.16. The van der Waals surface area contributed by atoms with E-state index in [2.05, 4.69) is 4.98 Å². The molecule has 1 saturated heterocycles. The third-order valence-electron chi connectivity index (χ3n) is 5.55. The Morgan fingerprint density at radius 3 is 2.64 bits per heavy atom. The van der Waals surface area contributed by atoms with Gasteiger partial charge >= 0.3 is 17.8 Å². The lowest BCUT2D eigenvalue weighted by Gasteiger charge is -2.23. The predicted octanol–water partition coefficient (Wildman–Crippen LogP) is 1.32. The molecule has 2 rings (SSSR count). The average molecular weight is 473 g/mol. The number of nitrogens with zero attached hydrogens (tertiary/aromatic N) is 1. The molecule has 0 spiro atoms. The Hall–Kier alpha value is -2.73. The standard InChI is InChI=1S/C21H32FN3O8/c1-5-7-8-30-21(29)31-10-13-16(33-19(27)15(23)11(3)6-2)14(22)18(32-13)25-9-12(4)17(26)24-20(25)28/h9,11,13-16,18H,5-8,10,23H2,1-4H3,(H,24,26,28)/t11-,13-,14+,15-,16-,18-/m0/s1. The molecule has 1 aromatic rings. The van der Waals surface area contributed by atoms with Gasteiger partial charge in [0.2, 0.25) is 0 Å². The third-order valence-corrected chi connectivity index (χ3v) is 5.55. The van der Waals surface area contributed by atoms with E-state index in [0.717, 1.165) is 17.2 Å². The number of alkyl halides is 1. The summed E-state index contributed by atoms with van der Waals surface area (Å²) in [6, 6.07) is -1.00. The number of aromatic nitrogens is 2. The normalized spacial score (nSPS) is 24.2. The number of H-pyrrole nitrogens is 1. The van der Waals surface area contributed by atoms with Gasteiger partial charge in [-0.05, 0) is 19.3 Å². The van der Waals surface area contributed by atoms with Crippen LogP contribution in [0.4, 0.5) is 9.18 Å². The summed E-state index contributed by atoms with van der Waals surface area (Å²) in [6.07, 6.45) is -4.08. The summed E-state index contributed by atoms with van der Waals surface area (Å²) in [6.45, 7) is 6.62. The second-order valence-corrected chi connectivity index (χ2v) is 8.06. The van der Waals surface area contributed by atoms with Crippen LogP contribution in [-0.4, -0.2) is 59.3 Å². The minimum Gasteiger partial charge on any atom is -0.455 e. The van der Waals surface area contributed by atoms with Gasteiger partial charge in [0.1, 0.15) is 18.8 Å². The molecule has 6 atom stereocenters. The third kappa shape index (κ3) is 6.64. The van der Waals surface area contributed by atoms with Gasteiger partial charge in [0.05, 0.1) is 6.61 Å². The molecule has 2 heterocycles. The van der Waals surface area contributed by atoms with Crippen LogP contribution in [0.3, 0.4) is 0 Å². The van der Waals surface area contributed by atoms with Crippen LogP contribution < -0.4 is 17.0 Å². The monoisotopic (exact) mass is 473 g/mol. The molecule has 0 bridgehead atoms. The number of nitrogens with two attached hydrogens (primary N) is 1. The Balaban J connectivity index is 2.23. The van der Waals surface area contributed by atoms with Gasteiger partial charge in [-0.25, -0.2) is 14.0 Å². The molecule has 0 unspecified atom stereocenters. The van der Waals surface area contributed by atoms with Gasteiger partial charge < -0.3 is 24.7 Å². The molecule has 33 heavy (non-hydrogen) atoms. The summed E-state index contributed by atoms with van der Waals surface area (Å²) < 4.78 is 37.1. The Morgan fingerprint density at radius 1 is 1.30 bits per heavy atom. The summed E-state index contributed by atoms with van der Waals surface area (Å²) in [5.74, 6) is -1.07. The second kappa shape index (κ2) is 11.9. The van der Waals surface area contributed by atoms with E-state index in [1.54, 1.807) is 6.92 Å². The van der Waals surface area contributed by atoms with Crippen LogP contribution in [0, 0.1) is 12.8 Å². The highest BCUT2D eigenvalue weighted by molar-refractivity contribution is 5.76. The molecular weight excluding hydrogens is 441 g/mol. The van der Waals surface area contributed by atoms with E-state index < -0.39 is 60.6 Å². The maximum atomic E-state index is 15.4. The lowest BCUT2D eigenvalue weighted by atomic mass is 10.0. The predicted molar refractivity (Wildman–Crippen MR) is 114 cm³/mol. The molecule has 1 aliphatic rings. The second-order valence-electron chi connectivity index (χ2n) is 8.06. The first kappa shape index (κ1) is 26.5.